The van der Waals surface area contributed by atoms with Gasteiger partial charge < -0.3 is 16.2 Å². The monoisotopic (exact) mass is 446 g/mol. The molecule has 1 aromatic rings. The molecule has 0 saturated carbocycles. The van der Waals surface area contributed by atoms with Gasteiger partial charge in [0.25, 0.3) is 5.91 Å². The zero-order valence-corrected chi connectivity index (χ0v) is 12.3. The molecular weight excluding hydrogens is 438 g/mol. The lowest BCUT2D eigenvalue weighted by Crippen LogP contribution is -2.33. The molecule has 1 aromatic carbocycles. The van der Waals surface area contributed by atoms with Crippen LogP contribution in [-0.4, -0.2) is 23.5 Å². The number of nitrogens with one attached hydrogen (secondary N) is 1. The summed E-state index contributed by atoms with van der Waals surface area (Å²) in [6.45, 7) is -0.250. The van der Waals surface area contributed by atoms with Crippen LogP contribution in [0.2, 0.25) is 0 Å². The van der Waals surface area contributed by atoms with E-state index >= 15 is 0 Å². The predicted octanol–water partition coefficient (Wildman–Crippen LogP) is 0.816. The van der Waals surface area contributed by atoms with Gasteiger partial charge in [0.2, 0.25) is 5.91 Å². The van der Waals surface area contributed by atoms with Crippen molar-refractivity contribution < 1.29 is 14.7 Å². The Morgan fingerprint density at radius 3 is 2.56 bits per heavy atom. The predicted molar refractivity (Wildman–Crippen MR) is 75.1 cm³/mol. The molecule has 0 aliphatic heterocycles. The van der Waals surface area contributed by atoms with Gasteiger partial charge in [-0.3, -0.25) is 9.59 Å². The van der Waals surface area contributed by atoms with Crippen LogP contribution >= 0.6 is 45.2 Å². The van der Waals surface area contributed by atoms with Gasteiger partial charge in [0.1, 0.15) is 5.75 Å². The quantitative estimate of drug-likeness (QED) is 0.601. The smallest absolute Gasteiger partial charge is 0.255 e. The standard InChI is InChI=1S/C9H8I2N2O3/c10-4-1-5(8(15)6(11)2-4)9(16)13-3-7(12)14/h1-2,15H,3H2,(H2,12,14)(H,13,16). The number of rotatable bonds is 3. The van der Waals surface area contributed by atoms with E-state index in [1.807, 2.05) is 45.2 Å². The van der Waals surface area contributed by atoms with Gasteiger partial charge in [-0.05, 0) is 57.3 Å². The molecule has 0 aliphatic rings. The summed E-state index contributed by atoms with van der Waals surface area (Å²) in [6, 6.07) is 3.27. The zero-order chi connectivity index (χ0) is 12.3. The first-order chi connectivity index (χ1) is 7.41. The number of hydrogen-bond donors (Lipinski definition) is 3. The average molecular weight is 446 g/mol. The third-order valence-corrected chi connectivity index (χ3v) is 3.14. The van der Waals surface area contributed by atoms with Crippen LogP contribution < -0.4 is 11.1 Å². The highest BCUT2D eigenvalue weighted by molar-refractivity contribution is 14.1. The van der Waals surface area contributed by atoms with Gasteiger partial charge in [-0.1, -0.05) is 0 Å². The normalized spacial score (nSPS) is 9.88. The molecule has 0 bridgehead atoms. The summed E-state index contributed by atoms with van der Waals surface area (Å²) >= 11 is 3.96. The molecule has 86 valence electrons. The first-order valence-corrected chi connectivity index (χ1v) is 6.32. The molecule has 0 spiro atoms. The third-order valence-electron chi connectivity index (χ3n) is 1.70. The SMILES string of the molecule is NC(=O)CNC(=O)c1cc(I)cc(I)c1O. The highest BCUT2D eigenvalue weighted by Gasteiger charge is 2.14. The number of carbonyl (C=O) groups excluding carboxylic acids is 2. The Kier molecular flexibility index (Phi) is 4.77. The van der Waals surface area contributed by atoms with E-state index in [4.69, 9.17) is 5.73 Å². The number of hydrogen-bond acceptors (Lipinski definition) is 3. The molecule has 0 atom stereocenters. The van der Waals surface area contributed by atoms with Crippen molar-refractivity contribution in [2.75, 3.05) is 6.54 Å². The van der Waals surface area contributed by atoms with Crippen molar-refractivity contribution in [3.8, 4) is 5.75 Å². The van der Waals surface area contributed by atoms with Crippen molar-refractivity contribution >= 4 is 57.0 Å². The van der Waals surface area contributed by atoms with Crippen molar-refractivity contribution in [3.05, 3.63) is 24.8 Å². The van der Waals surface area contributed by atoms with Crippen LogP contribution in [0.25, 0.3) is 0 Å². The lowest BCUT2D eigenvalue weighted by Gasteiger charge is -2.07. The molecular formula is C9H8I2N2O3. The van der Waals surface area contributed by atoms with E-state index in [0.717, 1.165) is 3.57 Å². The molecule has 0 unspecified atom stereocenters. The van der Waals surface area contributed by atoms with Crippen molar-refractivity contribution in [1.29, 1.82) is 0 Å². The van der Waals surface area contributed by atoms with Crippen molar-refractivity contribution in [3.63, 3.8) is 0 Å². The van der Waals surface area contributed by atoms with E-state index in [0.29, 0.717) is 3.57 Å². The Labute approximate surface area is 119 Å². The van der Waals surface area contributed by atoms with Crippen LogP contribution in [0.1, 0.15) is 10.4 Å². The highest BCUT2D eigenvalue weighted by atomic mass is 127. The summed E-state index contributed by atoms with van der Waals surface area (Å²) in [7, 11) is 0. The molecule has 0 aliphatic carbocycles. The molecule has 2 amide bonds. The second-order valence-electron chi connectivity index (χ2n) is 2.93. The molecule has 0 aromatic heterocycles. The van der Waals surface area contributed by atoms with E-state index in [-0.39, 0.29) is 17.9 Å². The summed E-state index contributed by atoms with van der Waals surface area (Å²) in [5, 5.41) is 12.0. The molecule has 1 rings (SSSR count). The fourth-order valence-corrected chi connectivity index (χ4v) is 2.85. The van der Waals surface area contributed by atoms with Crippen LogP contribution in [0.3, 0.4) is 0 Å². The minimum absolute atomic E-state index is 0.0945. The van der Waals surface area contributed by atoms with E-state index in [1.165, 1.54) is 6.07 Å². The van der Waals surface area contributed by atoms with Crippen LogP contribution in [0.4, 0.5) is 0 Å². The van der Waals surface area contributed by atoms with Gasteiger partial charge in [0.05, 0.1) is 15.7 Å². The Bertz CT molecular complexity index is 449. The van der Waals surface area contributed by atoms with Crippen molar-refractivity contribution in [2.45, 2.75) is 0 Å². The fourth-order valence-electron chi connectivity index (χ4n) is 1.00. The number of nitrogens with two attached hydrogens (primary N) is 1. The molecule has 5 nitrogen and oxygen atoms in total. The second-order valence-corrected chi connectivity index (χ2v) is 5.34. The number of amides is 2. The van der Waals surface area contributed by atoms with Crippen LogP contribution in [0.15, 0.2) is 12.1 Å². The molecule has 4 N–H and O–H groups in total. The Hall–Kier alpha value is -0.580. The lowest BCUT2D eigenvalue weighted by molar-refractivity contribution is -0.117. The summed E-state index contributed by atoms with van der Waals surface area (Å²) in [6.07, 6.45) is 0. The van der Waals surface area contributed by atoms with Gasteiger partial charge in [-0.25, -0.2) is 0 Å². The van der Waals surface area contributed by atoms with Gasteiger partial charge in [-0.2, -0.15) is 0 Å². The van der Waals surface area contributed by atoms with E-state index < -0.39 is 11.8 Å². The summed E-state index contributed by atoms with van der Waals surface area (Å²) < 4.78 is 1.40. The summed E-state index contributed by atoms with van der Waals surface area (Å²) in [5.74, 6) is -1.25. The maximum absolute atomic E-state index is 11.6. The second kappa shape index (κ2) is 5.66. The number of benzene rings is 1. The number of carbonyl (C=O) groups is 2. The fraction of sp³-hybridized carbons (Fsp3) is 0.111. The van der Waals surface area contributed by atoms with E-state index in [2.05, 4.69) is 5.32 Å². The minimum atomic E-state index is -0.631. The highest BCUT2D eigenvalue weighted by Crippen LogP contribution is 2.26. The summed E-state index contributed by atoms with van der Waals surface area (Å²) in [5.41, 5.74) is 5.03. The van der Waals surface area contributed by atoms with Crippen LogP contribution in [0.5, 0.6) is 5.75 Å². The Morgan fingerprint density at radius 2 is 2.00 bits per heavy atom. The largest absolute Gasteiger partial charge is 0.506 e. The molecule has 0 fully saturated rings. The van der Waals surface area contributed by atoms with Crippen molar-refractivity contribution in [1.82, 2.24) is 5.32 Å². The number of aromatic hydroxyl groups is 1. The zero-order valence-electron chi connectivity index (χ0n) is 7.96. The Balaban J connectivity index is 2.95. The topological polar surface area (TPSA) is 92.4 Å². The number of phenols is 1. The summed E-state index contributed by atoms with van der Waals surface area (Å²) in [4.78, 5) is 22.1. The maximum Gasteiger partial charge on any atom is 0.255 e. The molecule has 16 heavy (non-hydrogen) atoms. The Morgan fingerprint density at radius 1 is 1.38 bits per heavy atom. The number of halogens is 2. The van der Waals surface area contributed by atoms with Gasteiger partial charge in [0.15, 0.2) is 0 Å². The molecule has 0 radical (unpaired) electrons. The molecule has 0 saturated heterocycles. The third kappa shape index (κ3) is 3.47. The maximum atomic E-state index is 11.6. The first kappa shape index (κ1) is 13.5. The molecule has 0 heterocycles. The number of phenolic OH excluding ortho intramolecular Hbond substituents is 1. The van der Waals surface area contributed by atoms with E-state index in [9.17, 15) is 14.7 Å². The average Bonchev–Trinajstić information content (AvgIpc) is 2.19. The van der Waals surface area contributed by atoms with E-state index in [1.54, 1.807) is 6.07 Å². The van der Waals surface area contributed by atoms with Crippen LogP contribution in [-0.2, 0) is 4.79 Å². The van der Waals surface area contributed by atoms with Gasteiger partial charge in [-0.15, -0.1) is 0 Å². The lowest BCUT2D eigenvalue weighted by atomic mass is 10.2. The first-order valence-electron chi connectivity index (χ1n) is 4.16. The van der Waals surface area contributed by atoms with Gasteiger partial charge >= 0.3 is 0 Å². The van der Waals surface area contributed by atoms with Crippen LogP contribution in [0, 0.1) is 7.14 Å². The minimum Gasteiger partial charge on any atom is -0.506 e. The molecule has 7 heteroatoms. The van der Waals surface area contributed by atoms with Gasteiger partial charge in [0, 0.05) is 3.57 Å². The number of primary amides is 1. The van der Waals surface area contributed by atoms with Crippen molar-refractivity contribution in [2.24, 2.45) is 5.73 Å².